The number of carboxylic acids is 1. The van der Waals surface area contributed by atoms with Gasteiger partial charge in [0.25, 0.3) is 5.91 Å². The van der Waals surface area contributed by atoms with Crippen LogP contribution in [0, 0.1) is 11.3 Å². The second kappa shape index (κ2) is 4.73. The molecule has 1 N–H and O–H groups in total. The number of hydrogen-bond acceptors (Lipinski definition) is 3. The first-order valence-electron chi connectivity index (χ1n) is 6.04. The smallest absolute Gasteiger partial charge is 0.329 e. The molecule has 0 aliphatic carbocycles. The molecular formula is C14H14N2O3. The first-order chi connectivity index (χ1) is 8.99. The van der Waals surface area contributed by atoms with Crippen molar-refractivity contribution in [3.8, 4) is 6.07 Å². The molecule has 0 spiro atoms. The average Bonchev–Trinajstić information content (AvgIpc) is 2.81. The zero-order valence-corrected chi connectivity index (χ0v) is 10.6. The highest BCUT2D eigenvalue weighted by molar-refractivity contribution is 5.98. The number of nitriles is 1. The second-order valence-corrected chi connectivity index (χ2v) is 4.83. The molecule has 1 atom stereocenters. The summed E-state index contributed by atoms with van der Waals surface area (Å²) in [6.07, 6.45) is 1.15. The number of amides is 1. The van der Waals surface area contributed by atoms with E-state index in [2.05, 4.69) is 0 Å². The van der Waals surface area contributed by atoms with Crippen LogP contribution in [0.1, 0.15) is 35.7 Å². The molecule has 1 amide bonds. The maximum Gasteiger partial charge on any atom is 0.329 e. The van der Waals surface area contributed by atoms with Gasteiger partial charge >= 0.3 is 5.97 Å². The summed E-state index contributed by atoms with van der Waals surface area (Å²) >= 11 is 0. The summed E-state index contributed by atoms with van der Waals surface area (Å²) in [5.74, 6) is -1.28. The molecule has 5 nitrogen and oxygen atoms in total. The lowest BCUT2D eigenvalue weighted by molar-refractivity contribution is -0.147. The third kappa shape index (κ3) is 2.17. The summed E-state index contributed by atoms with van der Waals surface area (Å²) in [6.45, 7) is 2.02. The number of likely N-dealkylation sites (tertiary alicyclic amines) is 1. The number of rotatable bonds is 2. The quantitative estimate of drug-likeness (QED) is 0.874. The van der Waals surface area contributed by atoms with Crippen LogP contribution in [0.25, 0.3) is 0 Å². The van der Waals surface area contributed by atoms with Crippen LogP contribution in [0.15, 0.2) is 24.3 Å². The van der Waals surface area contributed by atoms with E-state index in [1.165, 1.54) is 4.90 Å². The van der Waals surface area contributed by atoms with E-state index in [0.717, 1.165) is 0 Å². The van der Waals surface area contributed by atoms with Crippen molar-refractivity contribution < 1.29 is 14.7 Å². The number of hydrogen-bond donors (Lipinski definition) is 1. The zero-order valence-electron chi connectivity index (χ0n) is 10.6. The van der Waals surface area contributed by atoms with Gasteiger partial charge in [0.15, 0.2) is 0 Å². The van der Waals surface area contributed by atoms with E-state index in [4.69, 9.17) is 5.26 Å². The summed E-state index contributed by atoms with van der Waals surface area (Å²) in [7, 11) is 0. The van der Waals surface area contributed by atoms with E-state index < -0.39 is 11.5 Å². The van der Waals surface area contributed by atoms with E-state index in [9.17, 15) is 14.7 Å². The largest absolute Gasteiger partial charge is 0.480 e. The molecule has 1 aliphatic heterocycles. The van der Waals surface area contributed by atoms with Crippen molar-refractivity contribution >= 4 is 11.9 Å². The first kappa shape index (κ1) is 13.1. The van der Waals surface area contributed by atoms with Crippen molar-refractivity contribution in [1.29, 1.82) is 5.26 Å². The SMILES string of the molecule is C[C@@]1(C(=O)O)CCCN1C(=O)c1ccc(C#N)cc1. The highest BCUT2D eigenvalue weighted by Crippen LogP contribution is 2.30. The van der Waals surface area contributed by atoms with Crippen LogP contribution < -0.4 is 0 Å². The first-order valence-corrected chi connectivity index (χ1v) is 6.04. The van der Waals surface area contributed by atoms with Crippen molar-refractivity contribution in [3.63, 3.8) is 0 Å². The third-order valence-electron chi connectivity index (χ3n) is 3.61. The van der Waals surface area contributed by atoms with Crippen LogP contribution in [0.5, 0.6) is 0 Å². The molecule has 98 valence electrons. The minimum atomic E-state index is -1.13. The summed E-state index contributed by atoms with van der Waals surface area (Å²) in [4.78, 5) is 25.1. The lowest BCUT2D eigenvalue weighted by Gasteiger charge is -2.31. The Hall–Kier alpha value is -2.35. The molecule has 1 aliphatic rings. The molecule has 0 unspecified atom stereocenters. The van der Waals surface area contributed by atoms with Gasteiger partial charge in [-0.25, -0.2) is 4.79 Å². The Bertz CT molecular complexity index is 559. The normalized spacial score (nSPS) is 22.0. The lowest BCUT2D eigenvalue weighted by Crippen LogP contribution is -2.50. The molecule has 0 bridgehead atoms. The van der Waals surface area contributed by atoms with Gasteiger partial charge in [-0.1, -0.05) is 0 Å². The Morgan fingerprint density at radius 3 is 2.53 bits per heavy atom. The van der Waals surface area contributed by atoms with Crippen LogP contribution in [0.2, 0.25) is 0 Å². The van der Waals surface area contributed by atoms with Crippen molar-refractivity contribution in [2.75, 3.05) is 6.54 Å². The van der Waals surface area contributed by atoms with Gasteiger partial charge < -0.3 is 10.0 Å². The molecule has 5 heteroatoms. The Labute approximate surface area is 111 Å². The highest BCUT2D eigenvalue weighted by atomic mass is 16.4. The Morgan fingerprint density at radius 2 is 2.00 bits per heavy atom. The minimum Gasteiger partial charge on any atom is -0.480 e. The number of carbonyl (C=O) groups excluding carboxylic acids is 1. The number of benzene rings is 1. The zero-order chi connectivity index (χ0) is 14.0. The van der Waals surface area contributed by atoms with Crippen LogP contribution in [0.4, 0.5) is 0 Å². The fraction of sp³-hybridized carbons (Fsp3) is 0.357. The summed E-state index contributed by atoms with van der Waals surface area (Å²) in [5, 5.41) is 18.0. The monoisotopic (exact) mass is 258 g/mol. The van der Waals surface area contributed by atoms with Gasteiger partial charge in [-0.2, -0.15) is 5.26 Å². The molecule has 2 rings (SSSR count). The molecule has 1 fully saturated rings. The summed E-state index contributed by atoms with van der Waals surface area (Å²) in [6, 6.07) is 8.21. The molecule has 1 saturated heterocycles. The van der Waals surface area contributed by atoms with Crippen molar-refractivity contribution in [2.45, 2.75) is 25.3 Å². The predicted molar refractivity (Wildman–Crippen MR) is 67.5 cm³/mol. The molecule has 0 saturated carbocycles. The van der Waals surface area contributed by atoms with Crippen molar-refractivity contribution in [3.05, 3.63) is 35.4 Å². The average molecular weight is 258 g/mol. The third-order valence-corrected chi connectivity index (χ3v) is 3.61. The van der Waals surface area contributed by atoms with Gasteiger partial charge in [0.1, 0.15) is 5.54 Å². The molecular weight excluding hydrogens is 244 g/mol. The van der Waals surface area contributed by atoms with Gasteiger partial charge in [0.2, 0.25) is 0 Å². The van der Waals surface area contributed by atoms with Crippen molar-refractivity contribution in [2.24, 2.45) is 0 Å². The second-order valence-electron chi connectivity index (χ2n) is 4.83. The fourth-order valence-corrected chi connectivity index (χ4v) is 2.35. The fourth-order valence-electron chi connectivity index (χ4n) is 2.35. The molecule has 0 aromatic heterocycles. The number of carbonyl (C=O) groups is 2. The van der Waals surface area contributed by atoms with Gasteiger partial charge in [-0.05, 0) is 44.0 Å². The number of carboxylic acid groups (broad SMARTS) is 1. The number of nitrogens with zero attached hydrogens (tertiary/aromatic N) is 2. The van der Waals surface area contributed by atoms with E-state index in [1.807, 2.05) is 6.07 Å². The van der Waals surface area contributed by atoms with Gasteiger partial charge in [0.05, 0.1) is 11.6 Å². The van der Waals surface area contributed by atoms with Crippen LogP contribution >= 0.6 is 0 Å². The maximum atomic E-state index is 12.3. The van der Waals surface area contributed by atoms with Gasteiger partial charge in [0, 0.05) is 12.1 Å². The van der Waals surface area contributed by atoms with Crippen molar-refractivity contribution in [1.82, 2.24) is 4.90 Å². The molecule has 0 radical (unpaired) electrons. The Morgan fingerprint density at radius 1 is 1.37 bits per heavy atom. The molecule has 1 heterocycles. The van der Waals surface area contributed by atoms with E-state index in [-0.39, 0.29) is 5.91 Å². The molecule has 19 heavy (non-hydrogen) atoms. The minimum absolute atomic E-state index is 0.299. The number of aliphatic carboxylic acids is 1. The van der Waals surface area contributed by atoms with Gasteiger partial charge in [-0.15, -0.1) is 0 Å². The molecule has 1 aromatic carbocycles. The molecule has 1 aromatic rings. The Balaban J connectivity index is 2.28. The van der Waals surface area contributed by atoms with Gasteiger partial charge in [-0.3, -0.25) is 4.79 Å². The topological polar surface area (TPSA) is 81.4 Å². The standard InChI is InChI=1S/C14H14N2O3/c1-14(13(18)19)7-2-8-16(14)12(17)11-5-3-10(9-15)4-6-11/h3-6H,2,7-8H2,1H3,(H,18,19)/t14-/m0/s1. The summed E-state index contributed by atoms with van der Waals surface area (Å²) in [5.41, 5.74) is -0.252. The maximum absolute atomic E-state index is 12.3. The predicted octanol–water partition coefficient (Wildman–Crippen LogP) is 1.64. The summed E-state index contributed by atoms with van der Waals surface area (Å²) < 4.78 is 0. The highest BCUT2D eigenvalue weighted by Gasteiger charge is 2.46. The van der Waals surface area contributed by atoms with E-state index >= 15 is 0 Å². The van der Waals surface area contributed by atoms with Crippen LogP contribution in [-0.2, 0) is 4.79 Å². The van der Waals surface area contributed by atoms with Crippen LogP contribution in [0.3, 0.4) is 0 Å². The van der Waals surface area contributed by atoms with E-state index in [1.54, 1.807) is 31.2 Å². The Kier molecular flexibility index (Phi) is 3.26. The lowest BCUT2D eigenvalue weighted by atomic mass is 9.98. The van der Waals surface area contributed by atoms with E-state index in [0.29, 0.717) is 30.5 Å². The van der Waals surface area contributed by atoms with Crippen LogP contribution in [-0.4, -0.2) is 34.0 Å².